The van der Waals surface area contributed by atoms with Gasteiger partial charge in [-0.3, -0.25) is 0 Å². The van der Waals surface area contributed by atoms with E-state index in [0.29, 0.717) is 6.54 Å². The van der Waals surface area contributed by atoms with E-state index < -0.39 is 9.84 Å². The van der Waals surface area contributed by atoms with E-state index in [9.17, 15) is 8.42 Å². The normalized spacial score (nSPS) is 26.2. The van der Waals surface area contributed by atoms with Gasteiger partial charge >= 0.3 is 0 Å². The van der Waals surface area contributed by atoms with E-state index in [1.165, 1.54) is 6.26 Å². The molecule has 0 bridgehead atoms. The zero-order valence-corrected chi connectivity index (χ0v) is 8.89. The fourth-order valence-corrected chi connectivity index (χ4v) is 2.18. The maximum atomic E-state index is 10.9. The molecule has 0 saturated carbocycles. The second-order valence-corrected chi connectivity index (χ2v) is 6.09. The molecule has 4 nitrogen and oxygen atoms in total. The van der Waals surface area contributed by atoms with Gasteiger partial charge in [0.1, 0.15) is 9.84 Å². The first-order valence-corrected chi connectivity index (χ1v) is 6.69. The van der Waals surface area contributed by atoms with Gasteiger partial charge in [0.05, 0.1) is 5.75 Å². The van der Waals surface area contributed by atoms with Crippen LogP contribution in [0.3, 0.4) is 0 Å². The van der Waals surface area contributed by atoms with Crippen LogP contribution in [0.1, 0.15) is 12.8 Å². The summed E-state index contributed by atoms with van der Waals surface area (Å²) in [5.41, 5.74) is 5.77. The van der Waals surface area contributed by atoms with E-state index in [1.54, 1.807) is 0 Å². The quantitative estimate of drug-likeness (QED) is 0.673. The molecule has 78 valence electrons. The molecule has 1 saturated heterocycles. The molecule has 0 aromatic rings. The summed E-state index contributed by atoms with van der Waals surface area (Å²) in [5, 5.41) is 0. The molecule has 0 aromatic heterocycles. The van der Waals surface area contributed by atoms with Crippen LogP contribution in [0.15, 0.2) is 0 Å². The summed E-state index contributed by atoms with van der Waals surface area (Å²) >= 11 is 0. The van der Waals surface area contributed by atoms with Crippen molar-refractivity contribution >= 4 is 9.84 Å². The Hall–Kier alpha value is -0.130. The zero-order chi connectivity index (χ0) is 9.90. The van der Waals surface area contributed by atoms with Crippen molar-refractivity contribution in [1.82, 2.24) is 4.90 Å². The van der Waals surface area contributed by atoms with Crippen molar-refractivity contribution < 1.29 is 8.42 Å². The van der Waals surface area contributed by atoms with Crippen LogP contribution in [0.25, 0.3) is 0 Å². The first-order valence-electron chi connectivity index (χ1n) is 4.63. The van der Waals surface area contributed by atoms with Gasteiger partial charge < -0.3 is 10.6 Å². The van der Waals surface area contributed by atoms with Crippen molar-refractivity contribution in [3.63, 3.8) is 0 Å². The van der Waals surface area contributed by atoms with E-state index >= 15 is 0 Å². The molecule has 0 aliphatic carbocycles. The summed E-state index contributed by atoms with van der Waals surface area (Å²) < 4.78 is 21.8. The molecule has 13 heavy (non-hydrogen) atoms. The molecule has 0 unspecified atom stereocenters. The second-order valence-electron chi connectivity index (χ2n) is 3.83. The summed E-state index contributed by atoms with van der Waals surface area (Å²) in [6.45, 7) is 2.46. The minimum atomic E-state index is -2.82. The van der Waals surface area contributed by atoms with Gasteiger partial charge in [-0.05, 0) is 19.4 Å². The highest BCUT2D eigenvalue weighted by molar-refractivity contribution is 7.90. The first-order chi connectivity index (χ1) is 5.97. The Morgan fingerprint density at radius 3 is 2.77 bits per heavy atom. The van der Waals surface area contributed by atoms with Crippen LogP contribution >= 0.6 is 0 Å². The third-order valence-corrected chi connectivity index (χ3v) is 3.24. The number of likely N-dealkylation sites (tertiary alicyclic amines) is 1. The van der Waals surface area contributed by atoms with E-state index in [0.717, 1.165) is 25.9 Å². The van der Waals surface area contributed by atoms with E-state index in [-0.39, 0.29) is 11.8 Å². The highest BCUT2D eigenvalue weighted by Crippen LogP contribution is 2.07. The molecule has 1 aliphatic heterocycles. The van der Waals surface area contributed by atoms with Gasteiger partial charge in [-0.25, -0.2) is 8.42 Å². The van der Waals surface area contributed by atoms with Crippen LogP contribution in [0, 0.1) is 0 Å². The minimum Gasteiger partial charge on any atom is -0.327 e. The van der Waals surface area contributed by atoms with Gasteiger partial charge in [0.2, 0.25) is 0 Å². The van der Waals surface area contributed by atoms with Crippen molar-refractivity contribution in [2.24, 2.45) is 5.73 Å². The molecule has 1 fully saturated rings. The lowest BCUT2D eigenvalue weighted by Crippen LogP contribution is -2.44. The molecular weight excluding hydrogens is 188 g/mol. The maximum Gasteiger partial charge on any atom is 0.148 e. The third kappa shape index (κ3) is 4.59. The highest BCUT2D eigenvalue weighted by Gasteiger charge is 2.17. The SMILES string of the molecule is CS(=O)(=O)CCN1CCC[C@@H](N)C1. The Kier molecular flexibility index (Phi) is 3.70. The molecular formula is C8H18N2O2S. The van der Waals surface area contributed by atoms with Crippen LogP contribution < -0.4 is 5.73 Å². The molecule has 2 N–H and O–H groups in total. The Balaban J connectivity index is 2.29. The molecule has 5 heteroatoms. The summed E-state index contributed by atoms with van der Waals surface area (Å²) in [4.78, 5) is 2.13. The van der Waals surface area contributed by atoms with E-state index in [4.69, 9.17) is 5.73 Å². The van der Waals surface area contributed by atoms with Crippen molar-refractivity contribution in [2.45, 2.75) is 18.9 Å². The van der Waals surface area contributed by atoms with Gasteiger partial charge in [-0.2, -0.15) is 0 Å². The lowest BCUT2D eigenvalue weighted by atomic mass is 10.1. The first kappa shape index (κ1) is 10.9. The minimum absolute atomic E-state index is 0.230. The third-order valence-electron chi connectivity index (χ3n) is 2.32. The molecule has 1 atom stereocenters. The number of hydrogen-bond acceptors (Lipinski definition) is 4. The van der Waals surface area contributed by atoms with Gasteiger partial charge in [-0.15, -0.1) is 0 Å². The number of nitrogens with two attached hydrogens (primary N) is 1. The number of rotatable bonds is 3. The second kappa shape index (κ2) is 4.39. The molecule has 0 aromatic carbocycles. The maximum absolute atomic E-state index is 10.9. The number of sulfone groups is 1. The highest BCUT2D eigenvalue weighted by atomic mass is 32.2. The largest absolute Gasteiger partial charge is 0.327 e. The standard InChI is InChI=1S/C8H18N2O2S/c1-13(11,12)6-5-10-4-2-3-8(9)7-10/h8H,2-7,9H2,1H3/t8-/m1/s1. The van der Waals surface area contributed by atoms with Crippen molar-refractivity contribution in [2.75, 3.05) is 31.6 Å². The van der Waals surface area contributed by atoms with Gasteiger partial charge in [0.25, 0.3) is 0 Å². The van der Waals surface area contributed by atoms with E-state index in [1.807, 2.05) is 0 Å². The summed E-state index contributed by atoms with van der Waals surface area (Å²) in [7, 11) is -2.82. The van der Waals surface area contributed by atoms with Crippen LogP contribution in [-0.4, -0.2) is 51.0 Å². The van der Waals surface area contributed by atoms with Crippen LogP contribution in [0.4, 0.5) is 0 Å². The Labute approximate surface area is 80.0 Å². The predicted octanol–water partition coefficient (Wildman–Crippen LogP) is -0.546. The smallest absolute Gasteiger partial charge is 0.148 e. The lowest BCUT2D eigenvalue weighted by molar-refractivity contribution is 0.220. The number of hydrogen-bond donors (Lipinski definition) is 1. The van der Waals surface area contributed by atoms with Crippen molar-refractivity contribution in [3.05, 3.63) is 0 Å². The van der Waals surface area contributed by atoms with E-state index in [2.05, 4.69) is 4.90 Å². The van der Waals surface area contributed by atoms with Gasteiger partial charge in [0.15, 0.2) is 0 Å². The fraction of sp³-hybridized carbons (Fsp3) is 1.00. The average molecular weight is 206 g/mol. The van der Waals surface area contributed by atoms with Crippen molar-refractivity contribution in [3.8, 4) is 0 Å². The molecule has 1 aliphatic rings. The fourth-order valence-electron chi connectivity index (χ4n) is 1.59. The average Bonchev–Trinajstić information content (AvgIpc) is 2.00. The lowest BCUT2D eigenvalue weighted by Gasteiger charge is -2.30. The number of nitrogens with zero attached hydrogens (tertiary/aromatic N) is 1. The summed E-state index contributed by atoms with van der Waals surface area (Å²) in [6, 6.07) is 0.230. The monoisotopic (exact) mass is 206 g/mol. The van der Waals surface area contributed by atoms with Crippen LogP contribution in [-0.2, 0) is 9.84 Å². The predicted molar refractivity (Wildman–Crippen MR) is 53.4 cm³/mol. The number of piperidine rings is 1. The Morgan fingerprint density at radius 1 is 1.54 bits per heavy atom. The summed E-state index contributed by atoms with van der Waals surface area (Å²) in [6.07, 6.45) is 3.43. The molecule has 0 radical (unpaired) electrons. The zero-order valence-electron chi connectivity index (χ0n) is 8.07. The van der Waals surface area contributed by atoms with Crippen LogP contribution in [0.5, 0.6) is 0 Å². The molecule has 0 amide bonds. The van der Waals surface area contributed by atoms with Crippen LogP contribution in [0.2, 0.25) is 0 Å². The molecule has 1 heterocycles. The summed E-state index contributed by atoms with van der Waals surface area (Å²) in [5.74, 6) is 0.250. The topological polar surface area (TPSA) is 63.4 Å². The van der Waals surface area contributed by atoms with Gasteiger partial charge in [0, 0.05) is 25.4 Å². The molecule has 1 rings (SSSR count). The van der Waals surface area contributed by atoms with Gasteiger partial charge in [-0.1, -0.05) is 0 Å². The Morgan fingerprint density at radius 2 is 2.23 bits per heavy atom. The van der Waals surface area contributed by atoms with Crippen molar-refractivity contribution in [1.29, 1.82) is 0 Å². The molecule has 0 spiro atoms. The Bertz CT molecular complexity index is 251.